The molecule has 0 fully saturated rings. The van der Waals surface area contributed by atoms with E-state index in [9.17, 15) is 4.79 Å². The van der Waals surface area contributed by atoms with Crippen molar-refractivity contribution in [2.75, 3.05) is 12.4 Å². The van der Waals surface area contributed by atoms with E-state index >= 15 is 0 Å². The van der Waals surface area contributed by atoms with Crippen LogP contribution in [0.5, 0.6) is 5.75 Å². The third kappa shape index (κ3) is 2.33. The van der Waals surface area contributed by atoms with Gasteiger partial charge in [-0.3, -0.25) is 9.78 Å². The zero-order valence-electron chi connectivity index (χ0n) is 10.8. The molecule has 0 saturated heterocycles. The molecule has 7 nitrogen and oxygen atoms in total. The number of ether oxygens (including phenoxy) is 1. The van der Waals surface area contributed by atoms with Gasteiger partial charge in [0.05, 0.1) is 13.4 Å². The highest BCUT2D eigenvalue weighted by Gasteiger charge is 2.05. The molecule has 3 aromatic rings. The van der Waals surface area contributed by atoms with Crippen LogP contribution in [0.4, 0.5) is 5.95 Å². The summed E-state index contributed by atoms with van der Waals surface area (Å²) < 4.78 is 5.10. The smallest absolute Gasteiger partial charge is 0.278 e. The van der Waals surface area contributed by atoms with E-state index in [1.165, 1.54) is 6.33 Å². The molecule has 0 unspecified atom stereocenters. The van der Waals surface area contributed by atoms with Crippen molar-refractivity contribution in [3.63, 3.8) is 0 Å². The Hall–Kier alpha value is -2.83. The molecule has 2 heterocycles. The Morgan fingerprint density at radius 3 is 2.85 bits per heavy atom. The summed E-state index contributed by atoms with van der Waals surface area (Å²) in [5.74, 6) is 1.20. The van der Waals surface area contributed by atoms with Crippen LogP contribution in [0, 0.1) is 0 Å². The zero-order chi connectivity index (χ0) is 13.9. The predicted octanol–water partition coefficient (Wildman–Crippen LogP) is 1.27. The summed E-state index contributed by atoms with van der Waals surface area (Å²) in [6.07, 6.45) is 1.44. The van der Waals surface area contributed by atoms with Gasteiger partial charge >= 0.3 is 0 Å². The molecular formula is C13H13N5O2. The highest BCUT2D eigenvalue weighted by atomic mass is 16.5. The van der Waals surface area contributed by atoms with Crippen molar-refractivity contribution in [1.82, 2.24) is 19.9 Å². The molecule has 0 aliphatic rings. The van der Waals surface area contributed by atoms with Gasteiger partial charge in [-0.15, -0.1) is 0 Å². The second-order valence-corrected chi connectivity index (χ2v) is 4.22. The fourth-order valence-electron chi connectivity index (χ4n) is 1.86. The number of H-pyrrole nitrogens is 2. The first-order valence-electron chi connectivity index (χ1n) is 6.06. The molecular weight excluding hydrogens is 258 g/mol. The van der Waals surface area contributed by atoms with Crippen LogP contribution < -0.4 is 15.6 Å². The Morgan fingerprint density at radius 2 is 2.10 bits per heavy atom. The maximum Gasteiger partial charge on any atom is 0.278 e. The summed E-state index contributed by atoms with van der Waals surface area (Å²) in [4.78, 5) is 25.3. The molecule has 0 aliphatic heterocycles. The number of aromatic nitrogens is 4. The first kappa shape index (κ1) is 12.2. The first-order chi connectivity index (χ1) is 9.76. The van der Waals surface area contributed by atoms with E-state index in [4.69, 9.17) is 4.74 Å². The maximum absolute atomic E-state index is 11.7. The normalized spacial score (nSPS) is 10.7. The number of benzene rings is 1. The number of imidazole rings is 1. The van der Waals surface area contributed by atoms with Gasteiger partial charge in [0.25, 0.3) is 5.56 Å². The van der Waals surface area contributed by atoms with Gasteiger partial charge < -0.3 is 15.0 Å². The van der Waals surface area contributed by atoms with Gasteiger partial charge in [-0.05, 0) is 17.7 Å². The number of fused-ring (bicyclic) bond motifs is 1. The maximum atomic E-state index is 11.7. The summed E-state index contributed by atoms with van der Waals surface area (Å²) in [6, 6.07) is 7.64. The standard InChI is InChI=1S/C13H13N5O2/c1-20-9-4-2-8(3-5-9)6-14-13-17-11-10(12(19)18-13)15-7-16-11/h2-5,7H,6H2,1H3,(H3,14,15,16,17,18,19). The summed E-state index contributed by atoms with van der Waals surface area (Å²) in [7, 11) is 1.63. The van der Waals surface area contributed by atoms with Gasteiger partial charge in [0.2, 0.25) is 5.95 Å². The zero-order valence-corrected chi connectivity index (χ0v) is 10.8. The van der Waals surface area contributed by atoms with Crippen molar-refractivity contribution in [2.24, 2.45) is 0 Å². The molecule has 0 spiro atoms. The molecule has 0 saturated carbocycles. The topological polar surface area (TPSA) is 95.7 Å². The van der Waals surface area contributed by atoms with E-state index in [0.29, 0.717) is 23.7 Å². The number of methoxy groups -OCH3 is 1. The number of hydrogen-bond donors (Lipinski definition) is 3. The average molecular weight is 271 g/mol. The molecule has 0 amide bonds. The van der Waals surface area contributed by atoms with Gasteiger partial charge in [-0.2, -0.15) is 4.98 Å². The molecule has 0 aliphatic carbocycles. The van der Waals surface area contributed by atoms with Crippen molar-refractivity contribution in [3.8, 4) is 5.75 Å². The number of nitrogens with zero attached hydrogens (tertiary/aromatic N) is 2. The lowest BCUT2D eigenvalue weighted by Gasteiger charge is -2.06. The number of aromatic amines is 2. The third-order valence-electron chi connectivity index (χ3n) is 2.92. The minimum atomic E-state index is -0.246. The van der Waals surface area contributed by atoms with E-state index in [1.54, 1.807) is 7.11 Å². The molecule has 2 aromatic heterocycles. The fraction of sp³-hybridized carbons (Fsp3) is 0.154. The lowest BCUT2D eigenvalue weighted by molar-refractivity contribution is 0.414. The minimum Gasteiger partial charge on any atom is -0.497 e. The van der Waals surface area contributed by atoms with Gasteiger partial charge in [-0.25, -0.2) is 4.98 Å². The monoisotopic (exact) mass is 271 g/mol. The fourth-order valence-corrected chi connectivity index (χ4v) is 1.86. The average Bonchev–Trinajstić information content (AvgIpc) is 2.94. The number of hydrogen-bond acceptors (Lipinski definition) is 5. The van der Waals surface area contributed by atoms with Crippen LogP contribution in [0.1, 0.15) is 5.56 Å². The second-order valence-electron chi connectivity index (χ2n) is 4.22. The molecule has 7 heteroatoms. The molecule has 3 N–H and O–H groups in total. The third-order valence-corrected chi connectivity index (χ3v) is 2.92. The first-order valence-corrected chi connectivity index (χ1v) is 6.06. The molecule has 3 rings (SSSR count). The van der Waals surface area contributed by atoms with Gasteiger partial charge in [0.1, 0.15) is 5.75 Å². The molecule has 102 valence electrons. The Balaban J connectivity index is 1.77. The highest BCUT2D eigenvalue weighted by molar-refractivity contribution is 5.69. The molecule has 1 aromatic carbocycles. The van der Waals surface area contributed by atoms with Crippen LogP contribution in [-0.4, -0.2) is 27.0 Å². The SMILES string of the molecule is COc1ccc(CNc2nc3nc[nH]c3c(=O)[nH]2)cc1. The highest BCUT2D eigenvalue weighted by Crippen LogP contribution is 2.12. The summed E-state index contributed by atoms with van der Waals surface area (Å²) in [5, 5.41) is 3.06. The van der Waals surface area contributed by atoms with E-state index < -0.39 is 0 Å². The lowest BCUT2D eigenvalue weighted by Crippen LogP contribution is -2.13. The Labute approximate surface area is 114 Å². The van der Waals surface area contributed by atoms with Crippen molar-refractivity contribution < 1.29 is 4.74 Å². The Bertz CT molecular complexity index is 775. The quantitative estimate of drug-likeness (QED) is 0.664. The van der Waals surface area contributed by atoms with E-state index in [1.807, 2.05) is 24.3 Å². The Kier molecular flexibility index (Phi) is 3.08. The van der Waals surface area contributed by atoms with Crippen molar-refractivity contribution in [3.05, 3.63) is 46.5 Å². The van der Waals surface area contributed by atoms with Crippen LogP contribution in [-0.2, 0) is 6.54 Å². The Morgan fingerprint density at radius 1 is 1.30 bits per heavy atom. The second kappa shape index (κ2) is 5.04. The molecule has 0 radical (unpaired) electrons. The van der Waals surface area contributed by atoms with Crippen LogP contribution in [0.2, 0.25) is 0 Å². The van der Waals surface area contributed by atoms with Gasteiger partial charge in [0.15, 0.2) is 11.2 Å². The number of anilines is 1. The number of rotatable bonds is 4. The van der Waals surface area contributed by atoms with E-state index in [0.717, 1.165) is 11.3 Å². The summed E-state index contributed by atoms with van der Waals surface area (Å²) >= 11 is 0. The van der Waals surface area contributed by atoms with Crippen LogP contribution >= 0.6 is 0 Å². The van der Waals surface area contributed by atoms with Crippen LogP contribution in [0.25, 0.3) is 11.2 Å². The molecule has 0 bridgehead atoms. The largest absolute Gasteiger partial charge is 0.497 e. The van der Waals surface area contributed by atoms with E-state index in [-0.39, 0.29) is 5.56 Å². The predicted molar refractivity (Wildman–Crippen MR) is 74.8 cm³/mol. The summed E-state index contributed by atoms with van der Waals surface area (Å²) in [5.41, 5.74) is 1.58. The van der Waals surface area contributed by atoms with E-state index in [2.05, 4.69) is 25.3 Å². The summed E-state index contributed by atoms with van der Waals surface area (Å²) in [6.45, 7) is 0.545. The van der Waals surface area contributed by atoms with Crippen molar-refractivity contribution in [1.29, 1.82) is 0 Å². The van der Waals surface area contributed by atoms with Crippen LogP contribution in [0.3, 0.4) is 0 Å². The van der Waals surface area contributed by atoms with Gasteiger partial charge in [0, 0.05) is 6.54 Å². The molecule has 20 heavy (non-hydrogen) atoms. The van der Waals surface area contributed by atoms with Crippen molar-refractivity contribution in [2.45, 2.75) is 6.54 Å². The minimum absolute atomic E-state index is 0.246. The molecule has 0 atom stereocenters. The van der Waals surface area contributed by atoms with Crippen molar-refractivity contribution >= 4 is 17.1 Å². The number of nitrogens with one attached hydrogen (secondary N) is 3. The van der Waals surface area contributed by atoms with Crippen LogP contribution in [0.15, 0.2) is 35.4 Å². The lowest BCUT2D eigenvalue weighted by atomic mass is 10.2. The van der Waals surface area contributed by atoms with Gasteiger partial charge in [-0.1, -0.05) is 12.1 Å².